The van der Waals surface area contributed by atoms with E-state index in [0.29, 0.717) is 27.7 Å². The Labute approximate surface area is 238 Å². The number of methoxy groups -OCH3 is 1. The van der Waals surface area contributed by atoms with Crippen LogP contribution in [0, 0.1) is 18.3 Å². The van der Waals surface area contributed by atoms with E-state index in [1.165, 1.54) is 30.2 Å². The van der Waals surface area contributed by atoms with Gasteiger partial charge in [0.1, 0.15) is 5.00 Å². The highest BCUT2D eigenvalue weighted by Gasteiger charge is 2.34. The first-order chi connectivity index (χ1) is 18.5. The molecule has 6 nitrogen and oxygen atoms in total. The van der Waals surface area contributed by atoms with Crippen LogP contribution in [0.1, 0.15) is 70.8 Å². The fourth-order valence-corrected chi connectivity index (χ4v) is 7.08. The topological polar surface area (TPSA) is 84.5 Å². The van der Waals surface area contributed by atoms with E-state index < -0.39 is 11.2 Å². The molecule has 1 aromatic heterocycles. The number of esters is 1. The highest BCUT2D eigenvalue weighted by molar-refractivity contribution is 8.00. The molecule has 0 aliphatic heterocycles. The van der Waals surface area contributed by atoms with Crippen molar-refractivity contribution in [2.45, 2.75) is 64.0 Å². The first-order valence-corrected chi connectivity index (χ1v) is 14.8. The number of thiophene rings is 1. The SMILES string of the molecule is COC(=O)c1c(NC(=O)C(C)Sc2cccc(NC(=O)c3cccc(C)c3)c2)sc2c1CCC(C(C)(C)C)C2. The summed E-state index contributed by atoms with van der Waals surface area (Å²) in [4.78, 5) is 40.7. The maximum absolute atomic E-state index is 13.2. The quantitative estimate of drug-likeness (QED) is 0.231. The van der Waals surface area contributed by atoms with E-state index in [-0.39, 0.29) is 17.2 Å². The first-order valence-electron chi connectivity index (χ1n) is 13.1. The number of carbonyl (C=O) groups excluding carboxylic acids is 3. The number of anilines is 2. The number of hydrogen-bond acceptors (Lipinski definition) is 6. The van der Waals surface area contributed by atoms with Gasteiger partial charge in [0.15, 0.2) is 0 Å². The molecule has 0 saturated carbocycles. The molecule has 8 heteroatoms. The van der Waals surface area contributed by atoms with Gasteiger partial charge < -0.3 is 15.4 Å². The van der Waals surface area contributed by atoms with Crippen molar-refractivity contribution in [3.8, 4) is 0 Å². The minimum atomic E-state index is -0.431. The van der Waals surface area contributed by atoms with Crippen molar-refractivity contribution in [3.63, 3.8) is 0 Å². The van der Waals surface area contributed by atoms with Gasteiger partial charge in [-0.15, -0.1) is 23.1 Å². The molecule has 2 N–H and O–H groups in total. The van der Waals surface area contributed by atoms with Crippen LogP contribution in [-0.2, 0) is 22.4 Å². The Kier molecular flexibility index (Phi) is 8.86. The molecule has 39 heavy (non-hydrogen) atoms. The Hall–Kier alpha value is -3.10. The molecular weight excluding hydrogens is 528 g/mol. The van der Waals surface area contributed by atoms with Crippen molar-refractivity contribution < 1.29 is 19.1 Å². The van der Waals surface area contributed by atoms with Crippen LogP contribution in [0.4, 0.5) is 10.7 Å². The first kappa shape index (κ1) is 28.9. The number of carbonyl (C=O) groups is 3. The van der Waals surface area contributed by atoms with Crippen LogP contribution in [0.5, 0.6) is 0 Å². The molecule has 0 radical (unpaired) electrons. The number of nitrogens with one attached hydrogen (secondary N) is 2. The van der Waals surface area contributed by atoms with Crippen molar-refractivity contribution in [1.82, 2.24) is 0 Å². The van der Waals surface area contributed by atoms with Crippen LogP contribution in [-0.4, -0.2) is 30.1 Å². The van der Waals surface area contributed by atoms with Gasteiger partial charge in [-0.2, -0.15) is 0 Å². The third kappa shape index (κ3) is 6.92. The second-order valence-electron chi connectivity index (χ2n) is 11.1. The van der Waals surface area contributed by atoms with Crippen molar-refractivity contribution >= 4 is 51.6 Å². The van der Waals surface area contributed by atoms with E-state index in [0.717, 1.165) is 40.2 Å². The van der Waals surface area contributed by atoms with Crippen molar-refractivity contribution in [2.75, 3.05) is 17.7 Å². The van der Waals surface area contributed by atoms with Crippen molar-refractivity contribution in [2.24, 2.45) is 11.3 Å². The molecule has 1 aliphatic carbocycles. The van der Waals surface area contributed by atoms with Crippen LogP contribution in [0.25, 0.3) is 0 Å². The highest BCUT2D eigenvalue weighted by atomic mass is 32.2. The summed E-state index contributed by atoms with van der Waals surface area (Å²) in [6, 6.07) is 14.9. The number of fused-ring (bicyclic) bond motifs is 1. The van der Waals surface area contributed by atoms with Crippen molar-refractivity contribution in [1.29, 1.82) is 0 Å². The minimum absolute atomic E-state index is 0.176. The van der Waals surface area contributed by atoms with Crippen LogP contribution in [0.15, 0.2) is 53.4 Å². The Bertz CT molecular complexity index is 1390. The molecule has 4 rings (SSSR count). The summed E-state index contributed by atoms with van der Waals surface area (Å²) < 4.78 is 5.09. The summed E-state index contributed by atoms with van der Waals surface area (Å²) in [6.45, 7) is 10.5. The lowest BCUT2D eigenvalue weighted by Gasteiger charge is -2.33. The molecule has 0 saturated heterocycles. The summed E-state index contributed by atoms with van der Waals surface area (Å²) in [7, 11) is 1.38. The zero-order valence-electron chi connectivity index (χ0n) is 23.3. The summed E-state index contributed by atoms with van der Waals surface area (Å²) in [6.07, 6.45) is 2.71. The van der Waals surface area contributed by atoms with Crippen LogP contribution in [0.3, 0.4) is 0 Å². The molecule has 2 unspecified atom stereocenters. The summed E-state index contributed by atoms with van der Waals surface area (Å²) in [5, 5.41) is 6.09. The zero-order chi connectivity index (χ0) is 28.3. The Balaban J connectivity index is 1.46. The maximum Gasteiger partial charge on any atom is 0.341 e. The minimum Gasteiger partial charge on any atom is -0.465 e. The largest absolute Gasteiger partial charge is 0.465 e. The molecule has 2 amide bonds. The third-order valence-corrected chi connectivity index (χ3v) is 9.43. The predicted molar refractivity (Wildman–Crippen MR) is 160 cm³/mol. The molecular formula is C31H36N2O4S2. The third-order valence-electron chi connectivity index (χ3n) is 7.17. The van der Waals surface area contributed by atoms with E-state index in [2.05, 4.69) is 31.4 Å². The predicted octanol–water partition coefficient (Wildman–Crippen LogP) is 7.37. The van der Waals surface area contributed by atoms with E-state index in [4.69, 9.17) is 4.74 Å². The molecule has 206 valence electrons. The normalized spacial score (nSPS) is 15.7. The number of ether oxygens (including phenoxy) is 1. The molecule has 0 spiro atoms. The number of aryl methyl sites for hydroxylation is 1. The fraction of sp³-hybridized carbons (Fsp3) is 0.387. The Morgan fingerprint density at radius 2 is 1.82 bits per heavy atom. The zero-order valence-corrected chi connectivity index (χ0v) is 25.0. The van der Waals surface area contributed by atoms with Gasteiger partial charge in [0.2, 0.25) is 5.91 Å². The van der Waals surface area contributed by atoms with Gasteiger partial charge in [-0.25, -0.2) is 4.79 Å². The van der Waals surface area contributed by atoms with Crippen LogP contribution >= 0.6 is 23.1 Å². The molecule has 0 bridgehead atoms. The second-order valence-corrected chi connectivity index (χ2v) is 13.6. The van der Waals surface area contributed by atoms with Gasteiger partial charge in [-0.05, 0) is 80.3 Å². The van der Waals surface area contributed by atoms with Gasteiger partial charge in [0, 0.05) is 21.0 Å². The summed E-state index contributed by atoms with van der Waals surface area (Å²) >= 11 is 2.89. The molecule has 3 aromatic rings. The summed E-state index contributed by atoms with van der Waals surface area (Å²) in [5.74, 6) is -0.261. The lowest BCUT2D eigenvalue weighted by Crippen LogP contribution is -2.26. The van der Waals surface area contributed by atoms with E-state index in [1.54, 1.807) is 6.07 Å². The average Bonchev–Trinajstić information content (AvgIpc) is 3.25. The van der Waals surface area contributed by atoms with Gasteiger partial charge in [-0.3, -0.25) is 9.59 Å². The van der Waals surface area contributed by atoms with E-state index in [1.807, 2.05) is 56.3 Å². The lowest BCUT2D eigenvalue weighted by atomic mass is 9.72. The second kappa shape index (κ2) is 12.0. The molecule has 0 fully saturated rings. The Morgan fingerprint density at radius 3 is 2.51 bits per heavy atom. The Morgan fingerprint density at radius 1 is 1.08 bits per heavy atom. The van der Waals surface area contributed by atoms with E-state index in [9.17, 15) is 14.4 Å². The van der Waals surface area contributed by atoms with Gasteiger partial charge >= 0.3 is 5.97 Å². The average molecular weight is 565 g/mol. The smallest absolute Gasteiger partial charge is 0.341 e. The van der Waals surface area contributed by atoms with Gasteiger partial charge in [0.05, 0.1) is 17.9 Å². The molecule has 1 aliphatic rings. The fourth-order valence-electron chi connectivity index (χ4n) is 4.84. The highest BCUT2D eigenvalue weighted by Crippen LogP contribution is 2.44. The molecule has 2 atom stereocenters. The molecule has 2 aromatic carbocycles. The number of hydrogen-bond donors (Lipinski definition) is 2. The summed E-state index contributed by atoms with van der Waals surface area (Å²) in [5.41, 5.74) is 3.95. The van der Waals surface area contributed by atoms with E-state index >= 15 is 0 Å². The number of thioether (sulfide) groups is 1. The standard InChI is InChI=1S/C31H36N2O4S2/c1-18-9-7-10-20(15-18)28(35)32-22-11-8-12-23(17-22)38-19(2)27(34)33-29-26(30(36)37-6)24-14-13-21(31(3,4)5)16-25(24)39-29/h7-12,15,17,19,21H,13-14,16H2,1-6H3,(H,32,35)(H,33,34). The van der Waals surface area contributed by atoms with Crippen LogP contribution in [0.2, 0.25) is 0 Å². The van der Waals surface area contributed by atoms with Crippen molar-refractivity contribution in [3.05, 3.63) is 75.7 Å². The monoisotopic (exact) mass is 564 g/mol. The van der Waals surface area contributed by atoms with Crippen LogP contribution < -0.4 is 10.6 Å². The number of benzene rings is 2. The number of amides is 2. The lowest BCUT2D eigenvalue weighted by molar-refractivity contribution is -0.115. The number of rotatable bonds is 7. The maximum atomic E-state index is 13.2. The van der Waals surface area contributed by atoms with Gasteiger partial charge in [0.25, 0.3) is 5.91 Å². The van der Waals surface area contributed by atoms with Gasteiger partial charge in [-0.1, -0.05) is 44.5 Å². The molecule has 1 heterocycles.